The Kier molecular flexibility index (Phi) is 9.05. The number of carbonyl (C=O) groups is 2. The highest BCUT2D eigenvalue weighted by molar-refractivity contribution is 5.94. The van der Waals surface area contributed by atoms with Crippen LogP contribution in [0.15, 0.2) is 71.7 Å². The molecule has 0 fully saturated rings. The van der Waals surface area contributed by atoms with Crippen molar-refractivity contribution >= 4 is 11.9 Å². The molecule has 9 heteroatoms. The third kappa shape index (κ3) is 7.56. The summed E-state index contributed by atoms with van der Waals surface area (Å²) in [5.74, 6) is -1.20. The number of aryl methyl sites for hydroxylation is 1. The lowest BCUT2D eigenvalue weighted by Gasteiger charge is -2.19. The van der Waals surface area contributed by atoms with E-state index in [-0.39, 0.29) is 25.0 Å². The van der Waals surface area contributed by atoms with Gasteiger partial charge in [-0.3, -0.25) is 14.4 Å². The molecule has 36 heavy (non-hydrogen) atoms. The van der Waals surface area contributed by atoms with Crippen molar-refractivity contribution in [2.75, 3.05) is 6.61 Å². The van der Waals surface area contributed by atoms with Crippen LogP contribution in [0.5, 0.6) is 0 Å². The van der Waals surface area contributed by atoms with Gasteiger partial charge in [-0.1, -0.05) is 54.6 Å². The van der Waals surface area contributed by atoms with Gasteiger partial charge in [-0.25, -0.2) is 0 Å². The van der Waals surface area contributed by atoms with Crippen LogP contribution >= 0.6 is 0 Å². The smallest absolute Gasteiger partial charge is 0.421 e. The van der Waals surface area contributed by atoms with E-state index in [4.69, 9.17) is 4.74 Å². The molecule has 0 bridgehead atoms. The van der Waals surface area contributed by atoms with Gasteiger partial charge in [0.15, 0.2) is 0 Å². The van der Waals surface area contributed by atoms with E-state index in [0.29, 0.717) is 18.9 Å². The monoisotopic (exact) mass is 500 g/mol. The van der Waals surface area contributed by atoms with Crippen LogP contribution in [0.25, 0.3) is 11.1 Å². The van der Waals surface area contributed by atoms with Gasteiger partial charge in [0, 0.05) is 18.7 Å². The van der Waals surface area contributed by atoms with Crippen LogP contribution in [0.1, 0.15) is 47.7 Å². The van der Waals surface area contributed by atoms with Gasteiger partial charge in [0.2, 0.25) is 0 Å². The molecule has 1 atom stereocenters. The number of alkyl halides is 3. The van der Waals surface area contributed by atoms with Crippen molar-refractivity contribution in [2.24, 2.45) is 0 Å². The maximum Gasteiger partial charge on any atom is 0.421 e. The lowest BCUT2D eigenvalue weighted by atomic mass is 9.98. The Morgan fingerprint density at radius 3 is 2.31 bits per heavy atom. The predicted molar refractivity (Wildman–Crippen MR) is 129 cm³/mol. The molecule has 2 aromatic carbocycles. The highest BCUT2D eigenvalue weighted by atomic mass is 19.4. The molecule has 0 saturated carbocycles. The Hall–Kier alpha value is -3.88. The zero-order chi connectivity index (χ0) is 26.1. The van der Waals surface area contributed by atoms with Crippen LogP contribution in [0.2, 0.25) is 0 Å². The highest BCUT2D eigenvalue weighted by Crippen LogP contribution is 2.26. The molecule has 1 heterocycles. The molecule has 1 unspecified atom stereocenters. The summed E-state index contributed by atoms with van der Waals surface area (Å²) >= 11 is 0. The number of hydrogen-bond donors (Lipinski definition) is 2. The Labute approximate surface area is 206 Å². The molecule has 0 aliphatic rings. The van der Waals surface area contributed by atoms with Crippen LogP contribution in [-0.2, 0) is 22.1 Å². The van der Waals surface area contributed by atoms with E-state index >= 15 is 0 Å². The van der Waals surface area contributed by atoms with Crippen molar-refractivity contribution in [3.8, 4) is 11.1 Å². The molecule has 0 aliphatic heterocycles. The van der Waals surface area contributed by atoms with Gasteiger partial charge >= 0.3 is 12.1 Å². The number of pyridine rings is 1. The first-order valence-corrected chi connectivity index (χ1v) is 11.6. The normalized spacial score (nSPS) is 12.1. The second-order valence-corrected chi connectivity index (χ2v) is 8.24. The molecule has 2 N–H and O–H groups in total. The molecule has 1 amide bonds. The fourth-order valence-corrected chi connectivity index (χ4v) is 3.74. The van der Waals surface area contributed by atoms with Crippen molar-refractivity contribution in [3.05, 3.63) is 93.9 Å². The molecule has 190 valence electrons. The second-order valence-electron chi connectivity index (χ2n) is 8.24. The number of hydrogen-bond acceptors (Lipinski definition) is 4. The largest absolute Gasteiger partial charge is 0.466 e. The third-order valence-corrected chi connectivity index (χ3v) is 5.65. The summed E-state index contributed by atoms with van der Waals surface area (Å²) in [5, 5.41) is 2.70. The van der Waals surface area contributed by atoms with Crippen LogP contribution < -0.4 is 10.9 Å². The lowest BCUT2D eigenvalue weighted by molar-refractivity contribution is -0.143. The SMILES string of the molecule is CCOC(=O)CCC(CCc1ccc(-c2ccccc2)cc1)NC(=O)c1c[nH]c(=O)c(C(F)(F)F)c1. The van der Waals surface area contributed by atoms with Gasteiger partial charge in [0.25, 0.3) is 11.5 Å². The second kappa shape index (κ2) is 12.2. The highest BCUT2D eigenvalue weighted by Gasteiger charge is 2.34. The Balaban J connectivity index is 1.70. The van der Waals surface area contributed by atoms with Crippen LogP contribution in [0.4, 0.5) is 13.2 Å². The van der Waals surface area contributed by atoms with Crippen LogP contribution in [0.3, 0.4) is 0 Å². The lowest BCUT2D eigenvalue weighted by Crippen LogP contribution is -2.36. The molecule has 6 nitrogen and oxygen atoms in total. The zero-order valence-electron chi connectivity index (χ0n) is 19.7. The number of aromatic nitrogens is 1. The van der Waals surface area contributed by atoms with Gasteiger partial charge in [-0.2, -0.15) is 13.2 Å². The first-order chi connectivity index (χ1) is 17.2. The molecule has 3 rings (SSSR count). The molecule has 1 aromatic heterocycles. The number of esters is 1. The standard InChI is InChI=1S/C27H27F3N2O4/c1-2-36-24(33)15-14-22(32-25(34)21-16-23(27(28,29)30)26(35)31-17-21)13-10-18-8-11-20(12-9-18)19-6-4-3-5-7-19/h3-9,11-12,16-17,22H,2,10,13-15H2,1H3,(H,31,35)(H,32,34). The van der Waals surface area contributed by atoms with Crippen LogP contribution in [-0.4, -0.2) is 29.5 Å². The van der Waals surface area contributed by atoms with Gasteiger partial charge in [0.05, 0.1) is 12.2 Å². The van der Waals surface area contributed by atoms with Gasteiger partial charge < -0.3 is 15.0 Å². The first kappa shape index (κ1) is 26.7. The average molecular weight is 501 g/mol. The Morgan fingerprint density at radius 2 is 1.67 bits per heavy atom. The maximum atomic E-state index is 13.1. The van der Waals surface area contributed by atoms with Gasteiger partial charge in [-0.05, 0) is 48.9 Å². The first-order valence-electron chi connectivity index (χ1n) is 11.6. The zero-order valence-corrected chi connectivity index (χ0v) is 19.7. The van der Waals surface area contributed by atoms with Crippen molar-refractivity contribution in [2.45, 2.75) is 44.8 Å². The Bertz CT molecular complexity index is 1220. The van der Waals surface area contributed by atoms with E-state index in [1.807, 2.05) is 59.6 Å². The number of benzene rings is 2. The summed E-state index contributed by atoms with van der Waals surface area (Å²) in [7, 11) is 0. The van der Waals surface area contributed by atoms with Gasteiger partial charge in [0.1, 0.15) is 5.56 Å². The number of rotatable bonds is 10. The number of carbonyl (C=O) groups excluding carboxylic acids is 2. The average Bonchev–Trinajstić information content (AvgIpc) is 2.86. The molecule has 0 aliphatic carbocycles. The molecule has 0 radical (unpaired) electrons. The number of halogens is 3. The van der Waals surface area contributed by atoms with E-state index < -0.39 is 35.2 Å². The number of aromatic amines is 1. The van der Waals surface area contributed by atoms with Crippen molar-refractivity contribution in [1.82, 2.24) is 10.3 Å². The minimum atomic E-state index is -4.89. The minimum Gasteiger partial charge on any atom is -0.466 e. The summed E-state index contributed by atoms with van der Waals surface area (Å²) in [5.41, 5.74) is 0.0603. The number of nitrogens with one attached hydrogen (secondary N) is 2. The summed E-state index contributed by atoms with van der Waals surface area (Å²) in [4.78, 5) is 38.0. The fraction of sp³-hybridized carbons (Fsp3) is 0.296. The van der Waals surface area contributed by atoms with Crippen molar-refractivity contribution in [1.29, 1.82) is 0 Å². The topological polar surface area (TPSA) is 88.3 Å². The van der Waals surface area contributed by atoms with E-state index in [1.54, 1.807) is 6.92 Å². The minimum absolute atomic E-state index is 0.0468. The summed E-state index contributed by atoms with van der Waals surface area (Å²) in [6.45, 7) is 1.91. The van der Waals surface area contributed by atoms with Crippen molar-refractivity contribution in [3.63, 3.8) is 0 Å². The predicted octanol–water partition coefficient (Wildman–Crippen LogP) is 5.14. The van der Waals surface area contributed by atoms with Gasteiger partial charge in [-0.15, -0.1) is 0 Å². The summed E-state index contributed by atoms with van der Waals surface area (Å²) in [6, 6.07) is 17.9. The van der Waals surface area contributed by atoms with Crippen LogP contribution in [0, 0.1) is 0 Å². The Morgan fingerprint density at radius 1 is 1.00 bits per heavy atom. The number of H-pyrrole nitrogens is 1. The quantitative estimate of drug-likeness (QED) is 0.378. The summed E-state index contributed by atoms with van der Waals surface area (Å²) < 4.78 is 44.2. The van der Waals surface area contributed by atoms with E-state index in [2.05, 4.69) is 5.32 Å². The van der Waals surface area contributed by atoms with E-state index in [1.165, 1.54) is 0 Å². The molecule has 3 aromatic rings. The molecular weight excluding hydrogens is 473 g/mol. The fourth-order valence-electron chi connectivity index (χ4n) is 3.74. The van der Waals surface area contributed by atoms with E-state index in [9.17, 15) is 27.6 Å². The summed E-state index contributed by atoms with van der Waals surface area (Å²) in [6.07, 6.45) is -2.63. The molecular formula is C27H27F3N2O4. The molecule has 0 saturated heterocycles. The van der Waals surface area contributed by atoms with Crippen molar-refractivity contribution < 1.29 is 27.5 Å². The molecule has 0 spiro atoms. The third-order valence-electron chi connectivity index (χ3n) is 5.65. The van der Waals surface area contributed by atoms with E-state index in [0.717, 1.165) is 22.9 Å². The number of ether oxygens (including phenoxy) is 1. The maximum absolute atomic E-state index is 13.1. The number of amides is 1.